The van der Waals surface area contributed by atoms with E-state index in [1.165, 1.54) is 17.1 Å². The smallest absolute Gasteiger partial charge is 0.409 e. The molecule has 94 valence electrons. The van der Waals surface area contributed by atoms with Crippen LogP contribution in [0, 0.1) is 0 Å². The quantitative estimate of drug-likeness (QED) is 0.753. The van der Waals surface area contributed by atoms with Gasteiger partial charge in [0.1, 0.15) is 6.61 Å². The molecule has 1 saturated heterocycles. The summed E-state index contributed by atoms with van der Waals surface area (Å²) in [6.45, 7) is 5.82. The highest BCUT2D eigenvalue weighted by Crippen LogP contribution is 2.20. The predicted molar refractivity (Wildman–Crippen MR) is 68.0 cm³/mol. The minimum atomic E-state index is -0.251. The summed E-state index contributed by atoms with van der Waals surface area (Å²) >= 11 is 2.05. The topological polar surface area (TPSA) is 32.8 Å². The van der Waals surface area contributed by atoms with Crippen LogP contribution in [0.1, 0.15) is 13.3 Å². The number of carbonyl (C=O) groups excluding carboxylic acids is 1. The summed E-state index contributed by atoms with van der Waals surface area (Å²) in [7, 11) is 3.40. The molecule has 1 amide bonds. The first kappa shape index (κ1) is 13.6. The summed E-state index contributed by atoms with van der Waals surface area (Å²) in [4.78, 5) is 15.0. The van der Waals surface area contributed by atoms with Crippen molar-refractivity contribution in [2.24, 2.45) is 0 Å². The average molecular weight is 246 g/mol. The number of hydrogen-bond acceptors (Lipinski definition) is 4. The highest BCUT2D eigenvalue weighted by atomic mass is 32.2. The number of nitrogens with zero attached hydrogens (tertiary/aromatic N) is 2. The number of carbonyl (C=O) groups is 1. The van der Waals surface area contributed by atoms with Gasteiger partial charge in [-0.15, -0.1) is 0 Å². The molecule has 0 aromatic rings. The van der Waals surface area contributed by atoms with Crippen LogP contribution in [0.25, 0.3) is 0 Å². The van der Waals surface area contributed by atoms with Crippen molar-refractivity contribution in [1.29, 1.82) is 0 Å². The van der Waals surface area contributed by atoms with Gasteiger partial charge in [-0.25, -0.2) is 4.79 Å². The molecule has 0 aromatic carbocycles. The molecule has 1 heterocycles. The molecule has 1 fully saturated rings. The average Bonchev–Trinajstić information content (AvgIpc) is 2.29. The third-order valence-electron chi connectivity index (χ3n) is 2.68. The van der Waals surface area contributed by atoms with Gasteiger partial charge < -0.3 is 9.64 Å². The molecule has 5 heteroatoms. The monoisotopic (exact) mass is 246 g/mol. The normalized spacial score (nSPS) is 21.8. The molecule has 0 saturated carbocycles. The van der Waals surface area contributed by atoms with E-state index in [-0.39, 0.29) is 6.09 Å². The molecule has 0 N–H and O–H groups in total. The molecule has 0 bridgehead atoms. The van der Waals surface area contributed by atoms with Crippen molar-refractivity contribution in [3.63, 3.8) is 0 Å². The largest absolute Gasteiger partial charge is 0.448 e. The van der Waals surface area contributed by atoms with E-state index in [2.05, 4.69) is 23.6 Å². The van der Waals surface area contributed by atoms with Gasteiger partial charge in [-0.1, -0.05) is 6.92 Å². The van der Waals surface area contributed by atoms with Crippen molar-refractivity contribution < 1.29 is 9.53 Å². The lowest BCUT2D eigenvalue weighted by molar-refractivity contribution is 0.104. The SMILES string of the molecule is CC[C@H]1CN(CCOC(=O)N(C)C)CCS1. The van der Waals surface area contributed by atoms with E-state index in [4.69, 9.17) is 4.74 Å². The molecular formula is C11H22N2O2S. The summed E-state index contributed by atoms with van der Waals surface area (Å²) in [5, 5.41) is 0.748. The van der Waals surface area contributed by atoms with Gasteiger partial charge in [0.15, 0.2) is 0 Å². The molecule has 0 spiro atoms. The molecule has 0 unspecified atom stereocenters. The predicted octanol–water partition coefficient (Wildman–Crippen LogP) is 1.51. The Balaban J connectivity index is 2.15. The van der Waals surface area contributed by atoms with Crippen LogP contribution in [0.4, 0.5) is 4.79 Å². The van der Waals surface area contributed by atoms with Crippen LogP contribution in [0.3, 0.4) is 0 Å². The summed E-state index contributed by atoms with van der Waals surface area (Å²) in [5.74, 6) is 1.19. The second-order valence-corrected chi connectivity index (χ2v) is 5.62. The number of rotatable bonds is 4. The Kier molecular flexibility index (Phi) is 5.98. The Hall–Kier alpha value is -0.420. The summed E-state index contributed by atoms with van der Waals surface area (Å²) in [5.41, 5.74) is 0. The molecule has 16 heavy (non-hydrogen) atoms. The zero-order chi connectivity index (χ0) is 12.0. The molecule has 1 atom stereocenters. The van der Waals surface area contributed by atoms with Crippen LogP contribution < -0.4 is 0 Å². The van der Waals surface area contributed by atoms with E-state index in [0.717, 1.165) is 24.9 Å². The van der Waals surface area contributed by atoms with Crippen LogP contribution in [0.15, 0.2) is 0 Å². The van der Waals surface area contributed by atoms with Crippen LogP contribution in [-0.4, -0.2) is 67.2 Å². The highest BCUT2D eigenvalue weighted by molar-refractivity contribution is 8.00. The summed E-state index contributed by atoms with van der Waals surface area (Å²) < 4.78 is 5.11. The van der Waals surface area contributed by atoms with E-state index in [9.17, 15) is 4.79 Å². The number of hydrogen-bond donors (Lipinski definition) is 0. The fourth-order valence-corrected chi connectivity index (χ4v) is 2.87. The lowest BCUT2D eigenvalue weighted by Crippen LogP contribution is -2.40. The Labute approximate surface area is 102 Å². The Morgan fingerprint density at radius 2 is 2.31 bits per heavy atom. The van der Waals surface area contributed by atoms with Gasteiger partial charge in [-0.3, -0.25) is 4.90 Å². The van der Waals surface area contributed by atoms with Gasteiger partial charge in [0, 0.05) is 44.7 Å². The lowest BCUT2D eigenvalue weighted by atomic mass is 10.3. The minimum Gasteiger partial charge on any atom is -0.448 e. The molecule has 0 aliphatic carbocycles. The lowest BCUT2D eigenvalue weighted by Gasteiger charge is -2.31. The van der Waals surface area contributed by atoms with Gasteiger partial charge in [0.2, 0.25) is 0 Å². The van der Waals surface area contributed by atoms with Crippen molar-refractivity contribution in [2.45, 2.75) is 18.6 Å². The summed E-state index contributed by atoms with van der Waals surface area (Å²) in [6.07, 6.45) is 0.969. The van der Waals surface area contributed by atoms with Crippen molar-refractivity contribution in [2.75, 3.05) is 46.1 Å². The minimum absolute atomic E-state index is 0.251. The Morgan fingerprint density at radius 3 is 2.94 bits per heavy atom. The van der Waals surface area contributed by atoms with E-state index in [0.29, 0.717) is 6.61 Å². The maximum atomic E-state index is 11.2. The van der Waals surface area contributed by atoms with Gasteiger partial charge in [0.05, 0.1) is 0 Å². The van der Waals surface area contributed by atoms with Crippen LogP contribution in [0.2, 0.25) is 0 Å². The van der Waals surface area contributed by atoms with Crippen LogP contribution in [0.5, 0.6) is 0 Å². The van der Waals surface area contributed by atoms with E-state index in [1.807, 2.05) is 0 Å². The van der Waals surface area contributed by atoms with Crippen molar-refractivity contribution in [1.82, 2.24) is 9.80 Å². The fraction of sp³-hybridized carbons (Fsp3) is 0.909. The van der Waals surface area contributed by atoms with Crippen LogP contribution >= 0.6 is 11.8 Å². The third kappa shape index (κ3) is 4.61. The zero-order valence-corrected chi connectivity index (χ0v) is 11.3. The third-order valence-corrected chi connectivity index (χ3v) is 4.05. The van der Waals surface area contributed by atoms with Crippen molar-refractivity contribution >= 4 is 17.9 Å². The second kappa shape index (κ2) is 7.01. The first-order chi connectivity index (χ1) is 7.63. The van der Waals surface area contributed by atoms with Gasteiger partial charge in [-0.2, -0.15) is 11.8 Å². The number of thioether (sulfide) groups is 1. The van der Waals surface area contributed by atoms with E-state index < -0.39 is 0 Å². The first-order valence-electron chi connectivity index (χ1n) is 5.81. The first-order valence-corrected chi connectivity index (χ1v) is 6.86. The zero-order valence-electron chi connectivity index (χ0n) is 10.4. The Bertz CT molecular complexity index is 224. The molecule has 4 nitrogen and oxygen atoms in total. The number of amides is 1. The van der Waals surface area contributed by atoms with Gasteiger partial charge >= 0.3 is 6.09 Å². The molecule has 0 aromatic heterocycles. The standard InChI is InChI=1S/C11H22N2O2S/c1-4-10-9-13(6-8-16-10)5-7-15-11(14)12(2)3/h10H,4-9H2,1-3H3/t10-/m0/s1. The Morgan fingerprint density at radius 1 is 1.56 bits per heavy atom. The highest BCUT2D eigenvalue weighted by Gasteiger charge is 2.18. The van der Waals surface area contributed by atoms with E-state index in [1.54, 1.807) is 14.1 Å². The van der Waals surface area contributed by atoms with Gasteiger partial charge in [-0.05, 0) is 6.42 Å². The van der Waals surface area contributed by atoms with Gasteiger partial charge in [0.25, 0.3) is 0 Å². The molecule has 1 rings (SSSR count). The van der Waals surface area contributed by atoms with Crippen molar-refractivity contribution in [3.05, 3.63) is 0 Å². The fourth-order valence-electron chi connectivity index (χ4n) is 1.62. The molecular weight excluding hydrogens is 224 g/mol. The molecule has 1 aliphatic rings. The maximum Gasteiger partial charge on any atom is 0.409 e. The second-order valence-electron chi connectivity index (χ2n) is 4.21. The molecule has 1 aliphatic heterocycles. The summed E-state index contributed by atoms with van der Waals surface area (Å²) in [6, 6.07) is 0. The van der Waals surface area contributed by atoms with Crippen LogP contribution in [-0.2, 0) is 4.74 Å². The maximum absolute atomic E-state index is 11.2. The molecule has 0 radical (unpaired) electrons. The van der Waals surface area contributed by atoms with Crippen molar-refractivity contribution in [3.8, 4) is 0 Å². The number of ether oxygens (including phenoxy) is 1. The van der Waals surface area contributed by atoms with E-state index >= 15 is 0 Å².